The van der Waals surface area contributed by atoms with E-state index in [4.69, 9.17) is 4.74 Å². The Morgan fingerprint density at radius 1 is 1.16 bits per heavy atom. The summed E-state index contributed by atoms with van der Waals surface area (Å²) in [6.45, 7) is 2.32. The van der Waals surface area contributed by atoms with Gasteiger partial charge >= 0.3 is 6.18 Å². The Bertz CT molecular complexity index is 1030. The molecule has 1 atom stereocenters. The lowest BCUT2D eigenvalue weighted by molar-refractivity contribution is -0.262. The molecule has 0 aliphatic heterocycles. The number of fused-ring (bicyclic) bond motifs is 1. The average molecular weight is 439 g/mol. The van der Waals surface area contributed by atoms with E-state index in [1.807, 2.05) is 0 Å². The Balaban J connectivity index is 1.94. The van der Waals surface area contributed by atoms with Gasteiger partial charge in [-0.1, -0.05) is 13.8 Å². The lowest BCUT2D eigenvalue weighted by atomic mass is 9.74. The zero-order chi connectivity index (χ0) is 23.0. The number of H-pyrrole nitrogens is 1. The van der Waals surface area contributed by atoms with E-state index < -0.39 is 36.0 Å². The number of likely N-dealkylation sites (N-methyl/N-ethyl adjacent to an activating group) is 1. The SMILES string of the molecule is COc1ccc(F)cc1C(C)(C)CC(O)(CN(C)c1cc2ccncc2[nH]1)C(F)(F)F. The molecule has 0 aliphatic rings. The fourth-order valence-electron chi connectivity index (χ4n) is 3.92. The first kappa shape index (κ1) is 22.9. The second-order valence-corrected chi connectivity index (χ2v) is 8.41. The van der Waals surface area contributed by atoms with Crippen LogP contribution >= 0.6 is 0 Å². The third-order valence-electron chi connectivity index (χ3n) is 5.47. The minimum atomic E-state index is -4.92. The Hall–Kier alpha value is -2.81. The number of anilines is 1. The number of aromatic nitrogens is 2. The maximum atomic E-state index is 14.1. The molecule has 0 fully saturated rings. The van der Waals surface area contributed by atoms with Gasteiger partial charge in [-0.15, -0.1) is 0 Å². The van der Waals surface area contributed by atoms with Crippen LogP contribution in [0, 0.1) is 5.82 Å². The summed E-state index contributed by atoms with van der Waals surface area (Å²) in [6.07, 6.45) is -2.47. The Kier molecular flexibility index (Phi) is 5.92. The first-order chi connectivity index (χ1) is 14.4. The van der Waals surface area contributed by atoms with Crippen molar-refractivity contribution in [3.05, 3.63) is 54.1 Å². The van der Waals surface area contributed by atoms with Crippen molar-refractivity contribution in [2.45, 2.75) is 37.5 Å². The van der Waals surface area contributed by atoms with Crippen LogP contribution in [0.3, 0.4) is 0 Å². The molecule has 0 radical (unpaired) electrons. The summed E-state index contributed by atoms with van der Waals surface area (Å²) in [5, 5.41) is 11.6. The maximum Gasteiger partial charge on any atom is 0.418 e. The number of hydrogen-bond donors (Lipinski definition) is 2. The first-order valence-electron chi connectivity index (χ1n) is 9.63. The van der Waals surface area contributed by atoms with Crippen LogP contribution in [0.25, 0.3) is 10.9 Å². The molecule has 0 spiro atoms. The van der Waals surface area contributed by atoms with Gasteiger partial charge in [0.1, 0.15) is 17.4 Å². The van der Waals surface area contributed by atoms with Crippen molar-refractivity contribution in [3.63, 3.8) is 0 Å². The van der Waals surface area contributed by atoms with Crippen LogP contribution in [-0.2, 0) is 5.41 Å². The van der Waals surface area contributed by atoms with E-state index >= 15 is 0 Å². The van der Waals surface area contributed by atoms with Gasteiger partial charge in [0.2, 0.25) is 0 Å². The molecule has 0 bridgehead atoms. The van der Waals surface area contributed by atoms with E-state index in [1.165, 1.54) is 45.0 Å². The van der Waals surface area contributed by atoms with E-state index in [1.54, 1.807) is 24.5 Å². The van der Waals surface area contributed by atoms with Gasteiger partial charge in [-0.3, -0.25) is 4.98 Å². The predicted octanol–water partition coefficient (Wildman–Crippen LogP) is 4.81. The van der Waals surface area contributed by atoms with E-state index in [0.29, 0.717) is 11.3 Å². The molecule has 1 aromatic carbocycles. The third-order valence-corrected chi connectivity index (χ3v) is 5.47. The summed E-state index contributed by atoms with van der Waals surface area (Å²) < 4.78 is 61.3. The zero-order valence-corrected chi connectivity index (χ0v) is 17.7. The number of pyridine rings is 1. The van der Waals surface area contributed by atoms with Gasteiger partial charge in [0.05, 0.1) is 25.4 Å². The van der Waals surface area contributed by atoms with Gasteiger partial charge < -0.3 is 19.7 Å². The number of alkyl halides is 3. The van der Waals surface area contributed by atoms with Gasteiger partial charge in [-0.05, 0) is 42.2 Å². The highest BCUT2D eigenvalue weighted by atomic mass is 19.4. The summed E-state index contributed by atoms with van der Waals surface area (Å²) in [5.74, 6) is 0.0717. The second-order valence-electron chi connectivity index (χ2n) is 8.41. The monoisotopic (exact) mass is 439 g/mol. The minimum absolute atomic E-state index is 0.247. The molecule has 0 saturated heterocycles. The van der Waals surface area contributed by atoms with E-state index in [9.17, 15) is 22.7 Å². The molecular weight excluding hydrogens is 414 g/mol. The quantitative estimate of drug-likeness (QED) is 0.519. The zero-order valence-electron chi connectivity index (χ0n) is 17.7. The van der Waals surface area contributed by atoms with Crippen molar-refractivity contribution in [3.8, 4) is 5.75 Å². The molecule has 168 valence electrons. The van der Waals surface area contributed by atoms with Gasteiger partial charge in [0.15, 0.2) is 5.60 Å². The molecule has 0 aliphatic carbocycles. The third kappa shape index (κ3) is 4.61. The largest absolute Gasteiger partial charge is 0.496 e. The van der Waals surface area contributed by atoms with Crippen molar-refractivity contribution < 1.29 is 27.4 Å². The Morgan fingerprint density at radius 3 is 2.48 bits per heavy atom. The second kappa shape index (κ2) is 8.03. The van der Waals surface area contributed by atoms with Gasteiger partial charge in [-0.25, -0.2) is 4.39 Å². The van der Waals surface area contributed by atoms with E-state index in [0.717, 1.165) is 11.5 Å². The van der Waals surface area contributed by atoms with Crippen LogP contribution in [-0.4, -0.2) is 47.6 Å². The number of aliphatic hydroxyl groups is 1. The van der Waals surface area contributed by atoms with Crippen LogP contribution in [0.2, 0.25) is 0 Å². The molecule has 31 heavy (non-hydrogen) atoms. The summed E-state index contributed by atoms with van der Waals surface area (Å²) in [5.41, 5.74) is -3.40. The summed E-state index contributed by atoms with van der Waals surface area (Å²) in [6, 6.07) is 7.10. The summed E-state index contributed by atoms with van der Waals surface area (Å²) in [7, 11) is 2.83. The number of rotatable bonds is 7. The van der Waals surface area contributed by atoms with Crippen LogP contribution in [0.15, 0.2) is 42.7 Å². The highest BCUT2D eigenvalue weighted by molar-refractivity contribution is 5.83. The molecule has 3 aromatic rings. The van der Waals surface area contributed by atoms with Crippen LogP contribution in [0.1, 0.15) is 25.8 Å². The highest BCUT2D eigenvalue weighted by Gasteiger charge is 2.56. The van der Waals surface area contributed by atoms with Crippen molar-refractivity contribution in [2.24, 2.45) is 0 Å². The van der Waals surface area contributed by atoms with Crippen molar-refractivity contribution in [2.75, 3.05) is 25.6 Å². The molecule has 5 nitrogen and oxygen atoms in total. The predicted molar refractivity (Wildman–Crippen MR) is 111 cm³/mol. The van der Waals surface area contributed by atoms with Crippen molar-refractivity contribution >= 4 is 16.7 Å². The molecule has 3 rings (SSSR count). The average Bonchev–Trinajstić information content (AvgIpc) is 3.11. The molecule has 2 N–H and O–H groups in total. The first-order valence-corrected chi connectivity index (χ1v) is 9.63. The molecule has 9 heteroatoms. The number of hydrogen-bond acceptors (Lipinski definition) is 4. The van der Waals surface area contributed by atoms with Crippen molar-refractivity contribution in [1.82, 2.24) is 9.97 Å². The molecule has 2 aromatic heterocycles. The van der Waals surface area contributed by atoms with Crippen LogP contribution in [0.5, 0.6) is 5.75 Å². The Morgan fingerprint density at radius 2 is 1.87 bits per heavy atom. The number of ether oxygens (including phenoxy) is 1. The van der Waals surface area contributed by atoms with Crippen LogP contribution < -0.4 is 9.64 Å². The smallest absolute Gasteiger partial charge is 0.418 e. The van der Waals surface area contributed by atoms with Gasteiger partial charge in [-0.2, -0.15) is 13.2 Å². The molecular formula is C22H25F4N3O2. The van der Waals surface area contributed by atoms with Gasteiger partial charge in [0, 0.05) is 24.2 Å². The number of methoxy groups -OCH3 is 1. The number of halogens is 4. The van der Waals surface area contributed by atoms with E-state index in [2.05, 4.69) is 9.97 Å². The number of nitrogens with zero attached hydrogens (tertiary/aromatic N) is 2. The molecule has 2 heterocycles. The lowest BCUT2D eigenvalue weighted by Gasteiger charge is -2.40. The lowest BCUT2D eigenvalue weighted by Crippen LogP contribution is -2.55. The normalized spacial score (nSPS) is 14.5. The topological polar surface area (TPSA) is 61.4 Å². The number of benzene rings is 1. The van der Waals surface area contributed by atoms with E-state index in [-0.39, 0.29) is 11.3 Å². The van der Waals surface area contributed by atoms with Gasteiger partial charge in [0.25, 0.3) is 0 Å². The maximum absolute atomic E-state index is 14.1. The Labute approximate surface area is 177 Å². The fourth-order valence-corrected chi connectivity index (χ4v) is 3.92. The standard InChI is InChI=1S/C22H25F4N3O2/c1-20(2,16-10-15(23)5-6-18(16)31-4)12-21(30,22(24,25)26)13-29(3)19-9-14-7-8-27-11-17(14)28-19/h5-11,28,30H,12-13H2,1-4H3. The fraction of sp³-hybridized carbons (Fsp3) is 0.409. The number of nitrogens with one attached hydrogen (secondary N) is 1. The molecule has 0 amide bonds. The minimum Gasteiger partial charge on any atom is -0.496 e. The van der Waals surface area contributed by atoms with Crippen LogP contribution in [0.4, 0.5) is 23.4 Å². The number of aromatic amines is 1. The highest BCUT2D eigenvalue weighted by Crippen LogP contribution is 2.44. The summed E-state index contributed by atoms with van der Waals surface area (Å²) in [4.78, 5) is 8.30. The molecule has 1 unspecified atom stereocenters. The van der Waals surface area contributed by atoms with Crippen molar-refractivity contribution in [1.29, 1.82) is 0 Å². The summed E-state index contributed by atoms with van der Waals surface area (Å²) >= 11 is 0. The molecule has 0 saturated carbocycles.